The van der Waals surface area contributed by atoms with E-state index >= 15 is 0 Å². The van der Waals surface area contributed by atoms with E-state index in [2.05, 4.69) is 5.32 Å². The van der Waals surface area contributed by atoms with Crippen LogP contribution in [0.2, 0.25) is 0 Å². The average Bonchev–Trinajstić information content (AvgIpc) is 3.48. The van der Waals surface area contributed by atoms with Gasteiger partial charge in [0.05, 0.1) is 11.5 Å². The zero-order valence-corrected chi connectivity index (χ0v) is 18.3. The minimum atomic E-state index is -1.34. The molecule has 0 radical (unpaired) electrons. The van der Waals surface area contributed by atoms with E-state index in [0.717, 1.165) is 24.8 Å². The molecule has 1 unspecified atom stereocenters. The number of benzene rings is 1. The molecule has 3 aliphatic rings. The van der Waals surface area contributed by atoms with E-state index in [1.54, 1.807) is 0 Å². The highest BCUT2D eigenvalue weighted by molar-refractivity contribution is 6.00. The number of rotatable bonds is 10. The fourth-order valence-electron chi connectivity index (χ4n) is 6.51. The summed E-state index contributed by atoms with van der Waals surface area (Å²) in [5.41, 5.74) is 10.4. The Morgan fingerprint density at radius 2 is 1.97 bits per heavy atom. The third kappa shape index (κ3) is 3.54. The van der Waals surface area contributed by atoms with Gasteiger partial charge in [0.25, 0.3) is 0 Å². The zero-order valence-electron chi connectivity index (χ0n) is 18.3. The number of fused-ring (bicyclic) bond motifs is 5. The number of carboxylic acids is 1. The quantitative estimate of drug-likeness (QED) is 0.313. The highest BCUT2D eigenvalue weighted by Gasteiger charge is 2.77. The lowest BCUT2D eigenvalue weighted by Crippen LogP contribution is -2.67. The molecule has 32 heavy (non-hydrogen) atoms. The Balaban J connectivity index is 1.64. The van der Waals surface area contributed by atoms with E-state index in [1.807, 2.05) is 30.3 Å². The van der Waals surface area contributed by atoms with Crippen molar-refractivity contribution >= 4 is 17.7 Å². The van der Waals surface area contributed by atoms with Crippen molar-refractivity contribution in [3.05, 3.63) is 35.9 Å². The summed E-state index contributed by atoms with van der Waals surface area (Å²) in [7, 11) is 0. The summed E-state index contributed by atoms with van der Waals surface area (Å²) in [6.07, 6.45) is 4.22. The van der Waals surface area contributed by atoms with Gasteiger partial charge in [0.15, 0.2) is 5.78 Å². The van der Waals surface area contributed by atoms with E-state index in [1.165, 1.54) is 0 Å². The highest BCUT2D eigenvalue weighted by atomic mass is 16.5. The summed E-state index contributed by atoms with van der Waals surface area (Å²) in [6.45, 7) is 0.610. The van der Waals surface area contributed by atoms with Gasteiger partial charge in [-0.15, -0.1) is 0 Å². The second-order valence-corrected chi connectivity index (χ2v) is 9.59. The number of ether oxygens (including phenoxy) is 1. The van der Waals surface area contributed by atoms with Crippen LogP contribution >= 0.6 is 0 Å². The zero-order chi connectivity index (χ0) is 22.9. The van der Waals surface area contributed by atoms with Crippen LogP contribution in [-0.2, 0) is 25.7 Å². The number of aliphatic carboxylic acids is 1. The van der Waals surface area contributed by atoms with E-state index < -0.39 is 35.0 Å². The molecule has 0 aromatic heterocycles. The van der Waals surface area contributed by atoms with Crippen LogP contribution < -0.4 is 16.8 Å². The first-order valence-corrected chi connectivity index (χ1v) is 11.6. The standard InChI is InChI=1S/C24H33N3O5/c25-11-5-4-8-18(26)20(28)23-10-9-16(13-23)17-12-19(21(29)30)27-24(17,23)22(31)32-14-15-6-2-1-3-7-15/h1-3,6-7,16-19,27H,4-5,8-14,25-26H2,(H,29,30)/t16-,17+,18?,19-,23-,24+/m0/s1. The fourth-order valence-corrected chi connectivity index (χ4v) is 6.51. The maximum absolute atomic E-state index is 13.8. The molecule has 1 aromatic carbocycles. The number of carbonyl (C=O) groups is 3. The number of Topliss-reactive ketones (excluding diaryl/α,β-unsaturated/α-hetero) is 1. The maximum atomic E-state index is 13.8. The van der Waals surface area contributed by atoms with Gasteiger partial charge in [0.1, 0.15) is 18.2 Å². The Kier molecular flexibility index (Phi) is 6.38. The van der Waals surface area contributed by atoms with Crippen molar-refractivity contribution in [2.75, 3.05) is 6.54 Å². The fraction of sp³-hybridized carbons (Fsp3) is 0.625. The van der Waals surface area contributed by atoms with Crippen molar-refractivity contribution < 1.29 is 24.2 Å². The Hall–Kier alpha value is -2.29. The lowest BCUT2D eigenvalue weighted by molar-refractivity contribution is -0.165. The smallest absolute Gasteiger partial charge is 0.328 e. The van der Waals surface area contributed by atoms with E-state index in [9.17, 15) is 19.5 Å². The van der Waals surface area contributed by atoms with Crippen LogP contribution in [0.3, 0.4) is 0 Å². The van der Waals surface area contributed by atoms with Crippen molar-refractivity contribution in [2.45, 2.75) is 69.2 Å². The molecule has 2 aliphatic carbocycles. The highest BCUT2D eigenvalue weighted by Crippen LogP contribution is 2.67. The molecular weight excluding hydrogens is 410 g/mol. The molecule has 174 valence electrons. The first-order valence-electron chi connectivity index (χ1n) is 11.6. The Labute approximate surface area is 188 Å². The molecule has 6 N–H and O–H groups in total. The Bertz CT molecular complexity index is 878. The van der Waals surface area contributed by atoms with Gasteiger partial charge in [-0.3, -0.25) is 14.9 Å². The van der Waals surface area contributed by atoms with Gasteiger partial charge < -0.3 is 21.3 Å². The Morgan fingerprint density at radius 3 is 2.66 bits per heavy atom. The molecule has 0 amide bonds. The predicted molar refractivity (Wildman–Crippen MR) is 117 cm³/mol. The van der Waals surface area contributed by atoms with Crippen LogP contribution in [0, 0.1) is 17.3 Å². The second kappa shape index (κ2) is 8.92. The van der Waals surface area contributed by atoms with E-state index in [-0.39, 0.29) is 24.2 Å². The molecule has 3 fully saturated rings. The van der Waals surface area contributed by atoms with Gasteiger partial charge in [-0.25, -0.2) is 4.79 Å². The van der Waals surface area contributed by atoms with E-state index in [0.29, 0.717) is 32.2 Å². The summed E-state index contributed by atoms with van der Waals surface area (Å²) in [6, 6.07) is 7.74. The minimum Gasteiger partial charge on any atom is -0.480 e. The first kappa shape index (κ1) is 22.9. The molecular formula is C24H33N3O5. The monoisotopic (exact) mass is 443 g/mol. The maximum Gasteiger partial charge on any atom is 0.328 e. The lowest BCUT2D eigenvalue weighted by atomic mass is 9.61. The van der Waals surface area contributed by atoms with Gasteiger partial charge in [-0.05, 0) is 62.5 Å². The average molecular weight is 444 g/mol. The third-order valence-corrected chi connectivity index (χ3v) is 7.93. The SMILES string of the molecule is NCCCCC(N)C(=O)[C@]12CC[C@@H](C1)[C@H]1C[C@@H](C(=O)O)N[C@@]12C(=O)OCc1ccccc1. The largest absolute Gasteiger partial charge is 0.480 e. The van der Waals surface area contributed by atoms with Crippen LogP contribution in [0.25, 0.3) is 0 Å². The van der Waals surface area contributed by atoms with Crippen LogP contribution in [-0.4, -0.2) is 47.0 Å². The summed E-state index contributed by atoms with van der Waals surface area (Å²) < 4.78 is 5.75. The van der Waals surface area contributed by atoms with Gasteiger partial charge in [0.2, 0.25) is 0 Å². The number of nitrogens with one attached hydrogen (secondary N) is 1. The molecule has 2 saturated carbocycles. The number of hydrogen-bond donors (Lipinski definition) is 4. The number of esters is 1. The molecule has 1 aromatic rings. The van der Waals surface area contributed by atoms with Gasteiger partial charge >= 0.3 is 11.9 Å². The van der Waals surface area contributed by atoms with Crippen LogP contribution in [0.4, 0.5) is 0 Å². The van der Waals surface area contributed by atoms with Crippen LogP contribution in [0.5, 0.6) is 0 Å². The summed E-state index contributed by atoms with van der Waals surface area (Å²) in [4.78, 5) is 39.3. The topological polar surface area (TPSA) is 145 Å². The van der Waals surface area contributed by atoms with Gasteiger partial charge in [-0.1, -0.05) is 36.8 Å². The van der Waals surface area contributed by atoms with Crippen molar-refractivity contribution in [1.82, 2.24) is 5.32 Å². The number of nitrogens with two attached hydrogens (primary N) is 2. The second-order valence-electron chi connectivity index (χ2n) is 9.59. The lowest BCUT2D eigenvalue weighted by Gasteiger charge is -2.45. The molecule has 1 saturated heterocycles. The number of carbonyl (C=O) groups excluding carboxylic acids is 2. The first-order chi connectivity index (χ1) is 15.4. The summed E-state index contributed by atoms with van der Waals surface area (Å²) in [5, 5.41) is 12.8. The number of unbranched alkanes of at least 4 members (excludes halogenated alkanes) is 1. The van der Waals surface area contributed by atoms with Crippen LogP contribution in [0.1, 0.15) is 50.5 Å². The van der Waals surface area contributed by atoms with Gasteiger partial charge in [0, 0.05) is 0 Å². The van der Waals surface area contributed by atoms with Gasteiger partial charge in [-0.2, -0.15) is 0 Å². The van der Waals surface area contributed by atoms with Crippen molar-refractivity contribution in [2.24, 2.45) is 28.7 Å². The minimum absolute atomic E-state index is 0.0745. The molecule has 6 atom stereocenters. The Morgan fingerprint density at radius 1 is 1.22 bits per heavy atom. The molecule has 1 heterocycles. The summed E-state index contributed by atoms with van der Waals surface area (Å²) in [5.74, 6) is -1.82. The van der Waals surface area contributed by atoms with E-state index in [4.69, 9.17) is 16.2 Å². The molecule has 1 aliphatic heterocycles. The summed E-state index contributed by atoms with van der Waals surface area (Å²) >= 11 is 0. The normalized spacial score (nSPS) is 33.6. The predicted octanol–water partition coefficient (Wildman–Crippen LogP) is 1.36. The number of ketones is 1. The van der Waals surface area contributed by atoms with Crippen molar-refractivity contribution in [3.8, 4) is 0 Å². The van der Waals surface area contributed by atoms with Crippen molar-refractivity contribution in [3.63, 3.8) is 0 Å². The van der Waals surface area contributed by atoms with Crippen molar-refractivity contribution in [1.29, 1.82) is 0 Å². The number of carboxylic acid groups (broad SMARTS) is 1. The molecule has 2 bridgehead atoms. The number of hydrogen-bond acceptors (Lipinski definition) is 7. The third-order valence-electron chi connectivity index (χ3n) is 7.93. The molecule has 4 rings (SSSR count). The molecule has 8 heteroatoms. The molecule has 0 spiro atoms. The molecule has 8 nitrogen and oxygen atoms in total. The van der Waals surface area contributed by atoms with Crippen LogP contribution in [0.15, 0.2) is 30.3 Å².